The predicted octanol–water partition coefficient (Wildman–Crippen LogP) is 13.3. The van der Waals surface area contributed by atoms with Gasteiger partial charge in [-0.1, -0.05) is 212 Å². The Kier molecular flexibility index (Phi) is 44.1. The Morgan fingerprint density at radius 1 is 0.468 bits per heavy atom. The number of aliphatic carboxylic acids is 1. The number of carbonyl (C=O) groups excluding carboxylic acids is 3. The molecule has 0 aromatic heterocycles. The number of carbonyl (C=O) groups is 3. The molecule has 0 saturated heterocycles. The third-order valence-corrected chi connectivity index (χ3v) is 11.8. The number of hydrogen-bond acceptors (Lipinski definition) is 8. The van der Waals surface area contributed by atoms with Gasteiger partial charge in [-0.25, -0.2) is 0 Å². The number of rotatable bonds is 49. The van der Waals surface area contributed by atoms with Crippen molar-refractivity contribution in [2.45, 2.75) is 264 Å². The van der Waals surface area contributed by atoms with E-state index in [-0.39, 0.29) is 32.2 Å². The standard InChI is InChI=1S/C53H101NO8/c1-6-8-10-12-14-16-17-18-19-20-21-22-23-24-25-26-27-28-29-30-31-32-33-34-35-36-38-40-42-44-51(56)62-49(48-61-53(52(57)58)59-46-45-54(3,4)5)47-60-50(55)43-41-39-37-15-13-11-9-7-2/h20-21,49,53H,6-19,22-48H2,1-5H3/b21-20-. The van der Waals surface area contributed by atoms with E-state index in [2.05, 4.69) is 26.0 Å². The van der Waals surface area contributed by atoms with Crippen molar-refractivity contribution in [3.05, 3.63) is 12.2 Å². The maximum Gasteiger partial charge on any atom is 0.306 e. The Labute approximate surface area is 383 Å². The van der Waals surface area contributed by atoms with Gasteiger partial charge in [0.1, 0.15) is 13.2 Å². The van der Waals surface area contributed by atoms with Crippen LogP contribution >= 0.6 is 0 Å². The van der Waals surface area contributed by atoms with E-state index < -0.39 is 24.3 Å². The third-order valence-electron chi connectivity index (χ3n) is 11.8. The summed E-state index contributed by atoms with van der Waals surface area (Å²) in [6.45, 7) is 4.74. The Balaban J connectivity index is 4.03. The Morgan fingerprint density at radius 2 is 0.823 bits per heavy atom. The summed E-state index contributed by atoms with van der Waals surface area (Å²) in [6, 6.07) is 0. The summed E-state index contributed by atoms with van der Waals surface area (Å²) in [5, 5.41) is 11.7. The normalized spacial score (nSPS) is 12.9. The molecule has 0 fully saturated rings. The first-order valence-electron chi connectivity index (χ1n) is 26.3. The lowest BCUT2D eigenvalue weighted by Crippen LogP contribution is -2.44. The van der Waals surface area contributed by atoms with Crippen LogP contribution in [-0.2, 0) is 33.3 Å². The van der Waals surface area contributed by atoms with Gasteiger partial charge in [0.05, 0.1) is 40.3 Å². The van der Waals surface area contributed by atoms with Gasteiger partial charge < -0.3 is 33.3 Å². The Bertz CT molecular complexity index is 1030. The topological polar surface area (TPSA) is 111 Å². The van der Waals surface area contributed by atoms with Gasteiger partial charge in [-0.2, -0.15) is 0 Å². The van der Waals surface area contributed by atoms with E-state index in [1.807, 2.05) is 21.1 Å². The van der Waals surface area contributed by atoms with Crippen LogP contribution in [-0.4, -0.2) is 82.3 Å². The molecule has 2 atom stereocenters. The van der Waals surface area contributed by atoms with Gasteiger partial charge in [0.2, 0.25) is 0 Å². The first-order valence-corrected chi connectivity index (χ1v) is 26.3. The summed E-state index contributed by atoms with van der Waals surface area (Å²) in [6.07, 6.45) is 47.1. The van der Waals surface area contributed by atoms with Gasteiger partial charge in [-0.3, -0.25) is 9.59 Å². The molecule has 0 rings (SSSR count). The zero-order valence-corrected chi connectivity index (χ0v) is 41.5. The highest BCUT2D eigenvalue weighted by molar-refractivity contribution is 5.70. The van der Waals surface area contributed by atoms with Gasteiger partial charge in [0.25, 0.3) is 0 Å². The van der Waals surface area contributed by atoms with E-state index in [4.69, 9.17) is 18.9 Å². The van der Waals surface area contributed by atoms with Gasteiger partial charge in [-0.05, 0) is 38.5 Å². The maximum atomic E-state index is 12.8. The summed E-state index contributed by atoms with van der Waals surface area (Å²) >= 11 is 0. The van der Waals surface area contributed by atoms with Crippen LogP contribution in [0.25, 0.3) is 0 Å². The van der Waals surface area contributed by atoms with Crippen molar-refractivity contribution in [2.75, 3.05) is 47.5 Å². The van der Waals surface area contributed by atoms with Crippen molar-refractivity contribution < 1.29 is 42.9 Å². The van der Waals surface area contributed by atoms with Crippen LogP contribution in [0.1, 0.15) is 251 Å². The van der Waals surface area contributed by atoms with E-state index in [0.29, 0.717) is 17.4 Å². The van der Waals surface area contributed by atoms with E-state index in [0.717, 1.165) is 38.5 Å². The highest BCUT2D eigenvalue weighted by atomic mass is 16.7. The summed E-state index contributed by atoms with van der Waals surface area (Å²) in [4.78, 5) is 36.9. The summed E-state index contributed by atoms with van der Waals surface area (Å²) < 4.78 is 22.5. The molecule has 0 aromatic rings. The number of allylic oxidation sites excluding steroid dienone is 2. The molecule has 62 heavy (non-hydrogen) atoms. The van der Waals surface area contributed by atoms with Gasteiger partial charge in [0.15, 0.2) is 12.4 Å². The predicted molar refractivity (Wildman–Crippen MR) is 256 cm³/mol. The largest absolute Gasteiger partial charge is 0.545 e. The maximum absolute atomic E-state index is 12.8. The molecule has 0 aliphatic heterocycles. The molecule has 0 saturated carbocycles. The van der Waals surface area contributed by atoms with E-state index in [9.17, 15) is 19.5 Å². The molecule has 0 bridgehead atoms. The van der Waals surface area contributed by atoms with Crippen molar-refractivity contribution in [1.29, 1.82) is 0 Å². The zero-order valence-electron chi connectivity index (χ0n) is 41.5. The molecule has 366 valence electrons. The van der Waals surface area contributed by atoms with Crippen LogP contribution in [0, 0.1) is 0 Å². The van der Waals surface area contributed by atoms with Gasteiger partial charge in [-0.15, -0.1) is 0 Å². The zero-order chi connectivity index (χ0) is 45.6. The van der Waals surface area contributed by atoms with Crippen LogP contribution in [0.15, 0.2) is 12.2 Å². The highest BCUT2D eigenvalue weighted by Gasteiger charge is 2.22. The molecule has 0 heterocycles. The molecule has 2 unspecified atom stereocenters. The molecule has 0 aromatic carbocycles. The molecule has 9 heteroatoms. The lowest BCUT2D eigenvalue weighted by Gasteiger charge is -2.26. The van der Waals surface area contributed by atoms with Gasteiger partial charge >= 0.3 is 11.9 Å². The highest BCUT2D eigenvalue weighted by Crippen LogP contribution is 2.16. The SMILES string of the molecule is CCCCCCCCCC/C=C\CCCCCCCCCCCCCCCCCCCC(=O)OC(COC(=O)CCCCCCCCCC)COC(OCC[N+](C)(C)C)C(=O)[O-]. The van der Waals surface area contributed by atoms with Crippen molar-refractivity contribution in [3.63, 3.8) is 0 Å². The molecule has 9 nitrogen and oxygen atoms in total. The fourth-order valence-electron chi connectivity index (χ4n) is 7.65. The summed E-state index contributed by atoms with van der Waals surface area (Å²) in [7, 11) is 5.92. The number of carboxylic acids is 1. The average molecular weight is 880 g/mol. The second-order valence-corrected chi connectivity index (χ2v) is 19.2. The molecular weight excluding hydrogens is 779 g/mol. The van der Waals surface area contributed by atoms with E-state index in [1.54, 1.807) is 0 Å². The number of nitrogens with zero attached hydrogens (tertiary/aromatic N) is 1. The Morgan fingerprint density at radius 3 is 1.19 bits per heavy atom. The number of esters is 2. The molecule has 0 radical (unpaired) electrons. The minimum atomic E-state index is -1.61. The summed E-state index contributed by atoms with van der Waals surface area (Å²) in [5.41, 5.74) is 0. The fraction of sp³-hybridized carbons (Fsp3) is 0.906. The van der Waals surface area contributed by atoms with E-state index in [1.165, 1.54) is 186 Å². The minimum Gasteiger partial charge on any atom is -0.545 e. The lowest BCUT2D eigenvalue weighted by molar-refractivity contribution is -0.870. The number of ether oxygens (including phenoxy) is 4. The molecule has 0 aliphatic carbocycles. The first kappa shape index (κ1) is 60.0. The smallest absolute Gasteiger partial charge is 0.306 e. The van der Waals surface area contributed by atoms with Crippen LogP contribution in [0.3, 0.4) is 0 Å². The quantitative estimate of drug-likeness (QED) is 0.0195. The molecule has 0 spiro atoms. The van der Waals surface area contributed by atoms with Crippen molar-refractivity contribution in [2.24, 2.45) is 0 Å². The second kappa shape index (κ2) is 45.6. The fourth-order valence-corrected chi connectivity index (χ4v) is 7.65. The van der Waals surface area contributed by atoms with Crippen molar-refractivity contribution >= 4 is 17.9 Å². The number of hydrogen-bond donors (Lipinski definition) is 0. The first-order chi connectivity index (χ1) is 30.1. The second-order valence-electron chi connectivity index (χ2n) is 19.2. The van der Waals surface area contributed by atoms with Gasteiger partial charge in [0, 0.05) is 12.8 Å². The number of unbranched alkanes of at least 4 members (excludes halogenated alkanes) is 32. The molecule has 0 amide bonds. The summed E-state index contributed by atoms with van der Waals surface area (Å²) in [5.74, 6) is -2.27. The number of quaternary nitrogens is 1. The van der Waals surface area contributed by atoms with Crippen LogP contribution in [0.2, 0.25) is 0 Å². The number of likely N-dealkylation sites (N-methyl/N-ethyl adjacent to an activating group) is 1. The van der Waals surface area contributed by atoms with Crippen LogP contribution in [0.5, 0.6) is 0 Å². The third kappa shape index (κ3) is 46.0. The average Bonchev–Trinajstić information content (AvgIpc) is 3.23. The lowest BCUT2D eigenvalue weighted by atomic mass is 10.0. The Hall–Kier alpha value is -1.97. The van der Waals surface area contributed by atoms with Crippen molar-refractivity contribution in [3.8, 4) is 0 Å². The molecular formula is C53H101NO8. The molecule has 0 N–H and O–H groups in total. The van der Waals surface area contributed by atoms with E-state index >= 15 is 0 Å². The molecule has 0 aliphatic rings. The number of carboxylic acid groups (broad SMARTS) is 1. The monoisotopic (exact) mass is 880 g/mol. The minimum absolute atomic E-state index is 0.151. The van der Waals surface area contributed by atoms with Crippen molar-refractivity contribution in [1.82, 2.24) is 0 Å². The van der Waals surface area contributed by atoms with Crippen LogP contribution < -0.4 is 5.11 Å². The van der Waals surface area contributed by atoms with Crippen LogP contribution in [0.4, 0.5) is 0 Å².